The number of hydrogen-bond donors (Lipinski definition) is 3. The Bertz CT molecular complexity index is 932. The van der Waals surface area contributed by atoms with Gasteiger partial charge in [0.05, 0.1) is 0 Å². The summed E-state index contributed by atoms with van der Waals surface area (Å²) in [6.45, 7) is 0.328. The average Bonchev–Trinajstić information content (AvgIpc) is 2.70. The number of anilines is 1. The van der Waals surface area contributed by atoms with Gasteiger partial charge in [-0.15, -0.1) is 0 Å². The van der Waals surface area contributed by atoms with Gasteiger partial charge in [-0.2, -0.15) is 0 Å². The summed E-state index contributed by atoms with van der Waals surface area (Å²) in [7, 11) is 0. The molecule has 0 bridgehead atoms. The quantitative estimate of drug-likeness (QED) is 0.466. The molecule has 0 spiro atoms. The standard InChI is InChI=1S/C21H23AsN4O2/c23-12-9-20(28)25-17-3-1-2-16(14-17)19-10-13-24-21(26-19)22-11-8-15-4-6-18(27)7-5-15/h1-7,10,13-14,22,27H,8-9,11-12,23H2,(H,25,28). The van der Waals surface area contributed by atoms with Crippen molar-refractivity contribution in [1.82, 2.24) is 9.97 Å². The van der Waals surface area contributed by atoms with E-state index in [0.29, 0.717) is 13.0 Å². The zero-order chi connectivity index (χ0) is 19.8. The van der Waals surface area contributed by atoms with E-state index in [-0.39, 0.29) is 11.7 Å². The monoisotopic (exact) mass is 438 g/mol. The first-order valence-electron chi connectivity index (χ1n) is 9.09. The van der Waals surface area contributed by atoms with Gasteiger partial charge in [0.2, 0.25) is 0 Å². The molecule has 4 N–H and O–H groups in total. The fourth-order valence-electron chi connectivity index (χ4n) is 2.70. The van der Waals surface area contributed by atoms with Gasteiger partial charge in [-0.25, -0.2) is 0 Å². The molecule has 0 aliphatic carbocycles. The van der Waals surface area contributed by atoms with Crippen molar-refractivity contribution in [2.24, 2.45) is 5.73 Å². The van der Waals surface area contributed by atoms with E-state index in [1.165, 1.54) is 5.56 Å². The van der Waals surface area contributed by atoms with Crippen LogP contribution in [-0.2, 0) is 11.2 Å². The Hall–Kier alpha value is -2.69. The Morgan fingerprint density at radius 2 is 1.96 bits per heavy atom. The zero-order valence-electron chi connectivity index (χ0n) is 15.4. The maximum atomic E-state index is 11.7. The number of aromatic hydroxyl groups is 1. The molecule has 3 rings (SSSR count). The van der Waals surface area contributed by atoms with Crippen molar-refractivity contribution in [3.05, 3.63) is 66.4 Å². The fraction of sp³-hybridized carbons (Fsp3) is 0.190. The van der Waals surface area contributed by atoms with Crippen LogP contribution in [0.3, 0.4) is 0 Å². The molecule has 1 heterocycles. The number of nitrogens with two attached hydrogens (primary N) is 1. The number of carbonyl (C=O) groups is 1. The summed E-state index contributed by atoms with van der Waals surface area (Å²) in [4.78, 5) is 20.9. The van der Waals surface area contributed by atoms with Gasteiger partial charge in [-0.3, -0.25) is 0 Å². The molecule has 0 fully saturated rings. The normalized spacial score (nSPS) is 11.0. The summed E-state index contributed by atoms with van der Waals surface area (Å²) in [5.41, 5.74) is 9.16. The van der Waals surface area contributed by atoms with Gasteiger partial charge < -0.3 is 0 Å². The average molecular weight is 438 g/mol. The van der Waals surface area contributed by atoms with E-state index in [1.807, 2.05) is 42.5 Å². The van der Waals surface area contributed by atoms with Crippen LogP contribution in [0.2, 0.25) is 5.21 Å². The summed E-state index contributed by atoms with van der Waals surface area (Å²) in [5, 5.41) is 13.2. The molecule has 0 aliphatic rings. The van der Waals surface area contributed by atoms with Crippen molar-refractivity contribution < 1.29 is 9.90 Å². The van der Waals surface area contributed by atoms with Crippen LogP contribution < -0.4 is 15.7 Å². The van der Waals surface area contributed by atoms with E-state index in [1.54, 1.807) is 18.3 Å². The molecule has 144 valence electrons. The third-order valence-corrected chi connectivity index (χ3v) is 6.32. The molecule has 1 unspecified atom stereocenters. The van der Waals surface area contributed by atoms with Crippen LogP contribution in [-0.4, -0.2) is 43.3 Å². The van der Waals surface area contributed by atoms with E-state index >= 15 is 0 Å². The summed E-state index contributed by atoms with van der Waals surface area (Å²) in [6.07, 6.45) is 3.05. The number of nitrogens with one attached hydrogen (secondary N) is 1. The topological polar surface area (TPSA) is 101 Å². The summed E-state index contributed by atoms with van der Waals surface area (Å²) < 4.78 is 0.911. The number of nitrogens with zero attached hydrogens (tertiary/aromatic N) is 2. The molecule has 0 saturated heterocycles. The molecule has 0 aliphatic heterocycles. The van der Waals surface area contributed by atoms with Gasteiger partial charge in [0.15, 0.2) is 0 Å². The molecule has 1 amide bonds. The number of carbonyl (C=O) groups excluding carboxylic acids is 1. The van der Waals surface area contributed by atoms with Crippen LogP contribution in [0, 0.1) is 0 Å². The third-order valence-electron chi connectivity index (χ3n) is 4.10. The molecular formula is C21H23AsN4O2. The van der Waals surface area contributed by atoms with Gasteiger partial charge in [0.25, 0.3) is 0 Å². The van der Waals surface area contributed by atoms with Crippen LogP contribution in [0.1, 0.15) is 12.0 Å². The van der Waals surface area contributed by atoms with Crippen molar-refractivity contribution in [1.29, 1.82) is 0 Å². The van der Waals surface area contributed by atoms with E-state index in [9.17, 15) is 9.90 Å². The molecule has 1 aromatic heterocycles. The molecule has 0 radical (unpaired) electrons. The number of hydrogen-bond acceptors (Lipinski definition) is 5. The minimum atomic E-state index is -0.458. The number of rotatable bonds is 8. The van der Waals surface area contributed by atoms with Crippen LogP contribution >= 0.6 is 0 Å². The Labute approximate surface area is 170 Å². The van der Waals surface area contributed by atoms with Crippen molar-refractivity contribution >= 4 is 32.0 Å². The summed E-state index contributed by atoms with van der Waals surface area (Å²) in [5.74, 6) is 0.196. The van der Waals surface area contributed by atoms with Gasteiger partial charge in [-0.05, 0) is 0 Å². The van der Waals surface area contributed by atoms with E-state index < -0.39 is 15.8 Å². The fourth-order valence-corrected chi connectivity index (χ4v) is 4.80. The molecule has 3 aromatic rings. The third kappa shape index (κ3) is 5.91. The second kappa shape index (κ2) is 10.0. The Morgan fingerprint density at radius 1 is 1.14 bits per heavy atom. The Balaban J connectivity index is 1.64. The van der Waals surface area contributed by atoms with Crippen molar-refractivity contribution in [3.63, 3.8) is 0 Å². The van der Waals surface area contributed by atoms with Crippen LogP contribution in [0.5, 0.6) is 5.75 Å². The number of phenols is 1. The molecule has 2 aromatic carbocycles. The SMILES string of the molecule is NCCC(=O)Nc1cccc(-c2ccnc([AsH]CCc3ccc(O)cc3)n2)c1. The summed E-state index contributed by atoms with van der Waals surface area (Å²) >= 11 is -0.458. The van der Waals surface area contributed by atoms with Crippen molar-refractivity contribution in [2.75, 3.05) is 11.9 Å². The van der Waals surface area contributed by atoms with Gasteiger partial charge in [0.1, 0.15) is 0 Å². The number of aryl methyl sites for hydroxylation is 1. The van der Waals surface area contributed by atoms with Crippen LogP contribution in [0.25, 0.3) is 11.3 Å². The maximum absolute atomic E-state index is 11.7. The predicted octanol–water partition coefficient (Wildman–Crippen LogP) is 1.86. The van der Waals surface area contributed by atoms with E-state index in [4.69, 9.17) is 10.7 Å². The molecular weight excluding hydrogens is 415 g/mol. The predicted molar refractivity (Wildman–Crippen MR) is 113 cm³/mol. The minimum absolute atomic E-state index is 0.0936. The van der Waals surface area contributed by atoms with E-state index in [0.717, 1.165) is 33.2 Å². The molecule has 7 heteroatoms. The van der Waals surface area contributed by atoms with Crippen LogP contribution in [0.4, 0.5) is 5.69 Å². The van der Waals surface area contributed by atoms with Crippen molar-refractivity contribution in [3.8, 4) is 17.0 Å². The molecule has 6 nitrogen and oxygen atoms in total. The first kappa shape index (κ1) is 20.1. The summed E-state index contributed by atoms with van der Waals surface area (Å²) in [6, 6.07) is 16.8. The van der Waals surface area contributed by atoms with Gasteiger partial charge >= 0.3 is 171 Å². The van der Waals surface area contributed by atoms with E-state index in [2.05, 4.69) is 10.3 Å². The molecule has 1 atom stereocenters. The van der Waals surface area contributed by atoms with Gasteiger partial charge in [-0.1, -0.05) is 0 Å². The second-order valence-corrected chi connectivity index (χ2v) is 9.01. The van der Waals surface area contributed by atoms with Crippen LogP contribution in [0.15, 0.2) is 60.8 Å². The number of benzene rings is 2. The molecule has 0 saturated carbocycles. The Morgan fingerprint density at radius 3 is 2.75 bits per heavy atom. The molecule has 28 heavy (non-hydrogen) atoms. The zero-order valence-corrected chi connectivity index (χ0v) is 17.5. The number of aromatic nitrogens is 2. The second-order valence-electron chi connectivity index (χ2n) is 6.28. The number of phenolic OH excluding ortho intramolecular Hbond substituents is 1. The Kier molecular flexibility index (Phi) is 7.17. The van der Waals surface area contributed by atoms with Gasteiger partial charge in [0, 0.05) is 0 Å². The van der Waals surface area contributed by atoms with Crippen molar-refractivity contribution in [2.45, 2.75) is 18.1 Å². The number of amides is 1. The first-order chi connectivity index (χ1) is 13.6. The first-order valence-corrected chi connectivity index (χ1v) is 11.6.